The Morgan fingerprint density at radius 2 is 2.14 bits per heavy atom. The fraction of sp³-hybridized carbons (Fsp3) is 0.263. The van der Waals surface area contributed by atoms with Gasteiger partial charge in [-0.1, -0.05) is 12.1 Å². The second kappa shape index (κ2) is 8.32. The van der Waals surface area contributed by atoms with E-state index in [0.717, 1.165) is 17.3 Å². The number of rotatable bonds is 5. The van der Waals surface area contributed by atoms with Crippen molar-refractivity contribution in [2.45, 2.75) is 18.9 Å². The Labute approximate surface area is 174 Å². The molecule has 144 valence electrons. The van der Waals surface area contributed by atoms with Crippen LogP contribution in [0.5, 0.6) is 0 Å². The van der Waals surface area contributed by atoms with Crippen LogP contribution in [0.15, 0.2) is 46.6 Å². The van der Waals surface area contributed by atoms with Crippen LogP contribution in [0.1, 0.15) is 23.3 Å². The molecule has 0 bridgehead atoms. The third-order valence-corrected chi connectivity index (χ3v) is 5.90. The lowest BCUT2D eigenvalue weighted by molar-refractivity contribution is 0.0739. The van der Waals surface area contributed by atoms with E-state index < -0.39 is 0 Å². The van der Waals surface area contributed by atoms with Crippen molar-refractivity contribution < 1.29 is 9.18 Å². The first-order chi connectivity index (χ1) is 13.6. The number of amides is 1. The average molecular weight is 462 g/mol. The number of carbonyl (C=O) groups excluding carboxylic acids is 1. The van der Waals surface area contributed by atoms with Gasteiger partial charge < -0.3 is 10.2 Å². The zero-order valence-electron chi connectivity index (χ0n) is 14.8. The molecule has 1 aromatic carbocycles. The summed E-state index contributed by atoms with van der Waals surface area (Å²) in [6.45, 7) is 1.24. The van der Waals surface area contributed by atoms with Crippen LogP contribution in [0.4, 0.5) is 10.3 Å². The van der Waals surface area contributed by atoms with Crippen LogP contribution in [-0.4, -0.2) is 44.9 Å². The maximum Gasteiger partial charge on any atom is 0.274 e. The van der Waals surface area contributed by atoms with Gasteiger partial charge in [0.1, 0.15) is 11.5 Å². The van der Waals surface area contributed by atoms with Crippen molar-refractivity contribution in [3.05, 3.63) is 58.2 Å². The van der Waals surface area contributed by atoms with Gasteiger partial charge in [-0.05, 0) is 46.5 Å². The van der Waals surface area contributed by atoms with Crippen LogP contribution in [-0.2, 0) is 0 Å². The monoisotopic (exact) mass is 461 g/mol. The zero-order valence-corrected chi connectivity index (χ0v) is 17.2. The van der Waals surface area contributed by atoms with E-state index in [1.807, 2.05) is 4.90 Å². The number of likely N-dealkylation sites (tertiary alicyclic amines) is 1. The van der Waals surface area contributed by atoms with Crippen molar-refractivity contribution >= 4 is 39.1 Å². The van der Waals surface area contributed by atoms with Crippen molar-refractivity contribution in [2.24, 2.45) is 0 Å². The maximum absolute atomic E-state index is 13.6. The van der Waals surface area contributed by atoms with Gasteiger partial charge in [0.05, 0.1) is 14.9 Å². The quantitative estimate of drug-likeness (QED) is 0.615. The molecular formula is C19H17BrFN5OS. The molecule has 0 saturated carbocycles. The summed E-state index contributed by atoms with van der Waals surface area (Å²) >= 11 is 4.65. The first-order valence-electron chi connectivity index (χ1n) is 8.83. The van der Waals surface area contributed by atoms with Crippen molar-refractivity contribution in [2.75, 3.05) is 18.4 Å². The van der Waals surface area contributed by atoms with E-state index in [9.17, 15) is 9.18 Å². The Morgan fingerprint density at radius 3 is 2.93 bits per heavy atom. The lowest BCUT2D eigenvalue weighted by Crippen LogP contribution is -2.40. The predicted molar refractivity (Wildman–Crippen MR) is 110 cm³/mol. The summed E-state index contributed by atoms with van der Waals surface area (Å²) in [6, 6.07) is 6.28. The molecule has 1 N–H and O–H groups in total. The van der Waals surface area contributed by atoms with Crippen LogP contribution in [0.25, 0.3) is 10.4 Å². The molecule has 1 aliphatic heterocycles. The molecule has 6 nitrogen and oxygen atoms in total. The van der Waals surface area contributed by atoms with E-state index in [-0.39, 0.29) is 17.8 Å². The topological polar surface area (TPSA) is 71.0 Å². The van der Waals surface area contributed by atoms with E-state index in [4.69, 9.17) is 0 Å². The maximum atomic E-state index is 13.6. The summed E-state index contributed by atoms with van der Waals surface area (Å²) in [5, 5.41) is 3.19. The Kier molecular flexibility index (Phi) is 5.63. The molecule has 28 heavy (non-hydrogen) atoms. The Morgan fingerprint density at radius 1 is 1.32 bits per heavy atom. The number of anilines is 1. The smallest absolute Gasteiger partial charge is 0.274 e. The number of halogens is 2. The van der Waals surface area contributed by atoms with E-state index in [2.05, 4.69) is 36.2 Å². The molecule has 4 rings (SSSR count). The molecule has 1 amide bonds. The highest BCUT2D eigenvalue weighted by Gasteiger charge is 2.32. The van der Waals surface area contributed by atoms with Crippen molar-refractivity contribution in [1.29, 1.82) is 0 Å². The van der Waals surface area contributed by atoms with Gasteiger partial charge in [-0.3, -0.25) is 4.79 Å². The lowest BCUT2D eigenvalue weighted by Gasteiger charge is -2.24. The van der Waals surface area contributed by atoms with Gasteiger partial charge >= 0.3 is 0 Å². The standard InChI is InChI=1S/C19H17BrFN5OS/c20-13-8-22-19(23-9-13)24-10-15-5-2-6-26(15)18(27)16-17(28-11-25-16)12-3-1-4-14(21)7-12/h1,3-4,7-9,11,15H,2,5-6,10H2,(H,22,23,24)/t15-/m0/s1. The van der Waals surface area contributed by atoms with Crippen LogP contribution >= 0.6 is 27.3 Å². The van der Waals surface area contributed by atoms with E-state index in [1.165, 1.54) is 23.5 Å². The molecule has 9 heteroatoms. The van der Waals surface area contributed by atoms with Gasteiger partial charge in [-0.15, -0.1) is 11.3 Å². The van der Waals surface area contributed by atoms with Gasteiger partial charge in [0.25, 0.3) is 5.91 Å². The molecule has 1 atom stereocenters. The summed E-state index contributed by atoms with van der Waals surface area (Å²) in [5.74, 6) is 0.0696. The van der Waals surface area contributed by atoms with E-state index >= 15 is 0 Å². The molecular weight excluding hydrogens is 445 g/mol. The summed E-state index contributed by atoms with van der Waals surface area (Å²) in [4.78, 5) is 28.4. The number of nitrogens with one attached hydrogen (secondary N) is 1. The molecule has 1 saturated heterocycles. The Hall–Kier alpha value is -2.39. The highest BCUT2D eigenvalue weighted by molar-refractivity contribution is 9.10. The van der Waals surface area contributed by atoms with Crippen LogP contribution in [0.3, 0.4) is 0 Å². The minimum Gasteiger partial charge on any atom is -0.352 e. The van der Waals surface area contributed by atoms with Gasteiger partial charge in [-0.25, -0.2) is 19.3 Å². The van der Waals surface area contributed by atoms with Crippen LogP contribution in [0.2, 0.25) is 0 Å². The highest BCUT2D eigenvalue weighted by Crippen LogP contribution is 2.30. The number of hydrogen-bond acceptors (Lipinski definition) is 6. The molecule has 2 aromatic heterocycles. The minimum atomic E-state index is -0.331. The third kappa shape index (κ3) is 4.05. The largest absolute Gasteiger partial charge is 0.352 e. The fourth-order valence-electron chi connectivity index (χ4n) is 3.30. The molecule has 1 fully saturated rings. The van der Waals surface area contributed by atoms with E-state index in [1.54, 1.807) is 30.0 Å². The lowest BCUT2D eigenvalue weighted by atomic mass is 10.1. The average Bonchev–Trinajstić information content (AvgIpc) is 3.37. The third-order valence-electron chi connectivity index (χ3n) is 4.61. The highest BCUT2D eigenvalue weighted by atomic mass is 79.9. The number of aromatic nitrogens is 3. The summed E-state index contributed by atoms with van der Waals surface area (Å²) < 4.78 is 14.4. The SMILES string of the molecule is O=C(c1ncsc1-c1cccc(F)c1)N1CCC[C@H]1CNc1ncc(Br)cn1. The molecule has 0 spiro atoms. The molecule has 0 aliphatic carbocycles. The number of benzene rings is 1. The number of nitrogens with zero attached hydrogens (tertiary/aromatic N) is 4. The van der Waals surface area contributed by atoms with Crippen LogP contribution < -0.4 is 5.32 Å². The van der Waals surface area contributed by atoms with Crippen molar-refractivity contribution in [3.63, 3.8) is 0 Å². The minimum absolute atomic E-state index is 0.0295. The van der Waals surface area contributed by atoms with Crippen LogP contribution in [0, 0.1) is 5.82 Å². The predicted octanol–water partition coefficient (Wildman–Crippen LogP) is 4.22. The van der Waals surface area contributed by atoms with Gasteiger partial charge in [0, 0.05) is 31.5 Å². The summed E-state index contributed by atoms with van der Waals surface area (Å²) in [5.41, 5.74) is 2.68. The van der Waals surface area contributed by atoms with Gasteiger partial charge in [0.2, 0.25) is 5.95 Å². The van der Waals surface area contributed by atoms with Gasteiger partial charge in [-0.2, -0.15) is 0 Å². The number of carbonyl (C=O) groups is 1. The summed E-state index contributed by atoms with van der Waals surface area (Å²) in [7, 11) is 0. The normalized spacial score (nSPS) is 16.4. The van der Waals surface area contributed by atoms with Gasteiger partial charge in [0.15, 0.2) is 0 Å². The Bertz CT molecular complexity index is 980. The molecule has 0 unspecified atom stereocenters. The molecule has 3 aromatic rings. The molecule has 1 aliphatic rings. The molecule has 3 heterocycles. The van der Waals surface area contributed by atoms with E-state index in [0.29, 0.717) is 35.2 Å². The zero-order chi connectivity index (χ0) is 19.5. The fourth-order valence-corrected chi connectivity index (χ4v) is 4.28. The summed E-state index contributed by atoms with van der Waals surface area (Å²) in [6.07, 6.45) is 5.17. The van der Waals surface area contributed by atoms with Crippen molar-refractivity contribution in [1.82, 2.24) is 19.9 Å². The number of thiazole rings is 1. The number of hydrogen-bond donors (Lipinski definition) is 1. The first-order valence-corrected chi connectivity index (χ1v) is 10.5. The second-order valence-electron chi connectivity index (χ2n) is 6.44. The second-order valence-corrected chi connectivity index (χ2v) is 8.21. The van der Waals surface area contributed by atoms with Crippen molar-refractivity contribution in [3.8, 4) is 10.4 Å². The first kappa shape index (κ1) is 18.9. The Balaban J connectivity index is 1.50. The molecule has 0 radical (unpaired) electrons.